The summed E-state index contributed by atoms with van der Waals surface area (Å²) in [6.07, 6.45) is 3.03. The molecule has 130 valence electrons. The number of benzene rings is 2. The summed E-state index contributed by atoms with van der Waals surface area (Å²) >= 11 is 1.84. The number of fused-ring (bicyclic) bond motifs is 3. The van der Waals surface area contributed by atoms with Crippen LogP contribution in [-0.2, 0) is 13.0 Å². The van der Waals surface area contributed by atoms with Gasteiger partial charge in [0.1, 0.15) is 0 Å². The summed E-state index contributed by atoms with van der Waals surface area (Å²) < 4.78 is 1.32. The number of thiophene rings is 1. The molecule has 3 nitrogen and oxygen atoms in total. The SMILES string of the molecule is Cc1cc2cc3nccc(Nc4ccc5c(c4)CN(C)CC5)c3cc2s1. The number of aromatic nitrogens is 1. The molecule has 5 rings (SSSR count). The summed E-state index contributed by atoms with van der Waals surface area (Å²) in [6.45, 7) is 4.33. The first-order valence-corrected chi connectivity index (χ1v) is 9.84. The van der Waals surface area contributed by atoms with Gasteiger partial charge in [-0.2, -0.15) is 0 Å². The van der Waals surface area contributed by atoms with Gasteiger partial charge in [0.25, 0.3) is 0 Å². The first-order valence-electron chi connectivity index (χ1n) is 9.02. The van der Waals surface area contributed by atoms with E-state index in [4.69, 9.17) is 0 Å². The Morgan fingerprint density at radius 3 is 2.92 bits per heavy atom. The van der Waals surface area contributed by atoms with Crippen molar-refractivity contribution in [2.45, 2.75) is 19.9 Å². The van der Waals surface area contributed by atoms with Crippen LogP contribution in [-0.4, -0.2) is 23.5 Å². The second-order valence-corrected chi connectivity index (χ2v) is 8.51. The molecule has 26 heavy (non-hydrogen) atoms. The average molecular weight is 359 g/mol. The van der Waals surface area contributed by atoms with Crippen LogP contribution in [0.1, 0.15) is 16.0 Å². The maximum atomic E-state index is 4.58. The molecule has 0 unspecified atom stereocenters. The lowest BCUT2D eigenvalue weighted by molar-refractivity contribution is 0.313. The largest absolute Gasteiger partial charge is 0.355 e. The molecule has 4 heteroatoms. The van der Waals surface area contributed by atoms with Crippen LogP contribution in [0.3, 0.4) is 0 Å². The topological polar surface area (TPSA) is 28.2 Å². The van der Waals surface area contributed by atoms with Crippen molar-refractivity contribution in [1.82, 2.24) is 9.88 Å². The fraction of sp³-hybridized carbons (Fsp3) is 0.227. The monoisotopic (exact) mass is 359 g/mol. The van der Waals surface area contributed by atoms with Crippen molar-refractivity contribution < 1.29 is 0 Å². The van der Waals surface area contributed by atoms with Gasteiger partial charge in [0.15, 0.2) is 0 Å². The Labute approximate surface area is 157 Å². The van der Waals surface area contributed by atoms with E-state index in [-0.39, 0.29) is 0 Å². The van der Waals surface area contributed by atoms with Gasteiger partial charge in [-0.15, -0.1) is 11.3 Å². The van der Waals surface area contributed by atoms with E-state index in [1.165, 1.54) is 31.5 Å². The third kappa shape index (κ3) is 2.75. The van der Waals surface area contributed by atoms with Gasteiger partial charge in [0.05, 0.1) is 5.52 Å². The zero-order valence-corrected chi connectivity index (χ0v) is 15.9. The highest BCUT2D eigenvalue weighted by Crippen LogP contribution is 2.33. The third-order valence-corrected chi connectivity index (χ3v) is 6.20. The minimum absolute atomic E-state index is 1.02. The second-order valence-electron chi connectivity index (χ2n) is 7.22. The highest BCUT2D eigenvalue weighted by Gasteiger charge is 2.14. The van der Waals surface area contributed by atoms with Crippen LogP contribution in [0.2, 0.25) is 0 Å². The molecule has 1 aliphatic rings. The van der Waals surface area contributed by atoms with Crippen LogP contribution in [0, 0.1) is 6.92 Å². The van der Waals surface area contributed by atoms with Gasteiger partial charge in [-0.1, -0.05) is 6.07 Å². The average Bonchev–Trinajstić information content (AvgIpc) is 2.99. The Hall–Kier alpha value is -2.43. The molecule has 0 spiro atoms. The molecule has 1 N–H and O–H groups in total. The molecule has 0 bridgehead atoms. The molecular formula is C22H21N3S. The molecule has 0 amide bonds. The fourth-order valence-electron chi connectivity index (χ4n) is 3.85. The first-order chi connectivity index (χ1) is 12.7. The number of anilines is 2. The van der Waals surface area contributed by atoms with E-state index in [1.807, 2.05) is 17.5 Å². The Kier molecular flexibility index (Phi) is 3.69. The molecule has 1 aliphatic heterocycles. The van der Waals surface area contributed by atoms with E-state index in [0.717, 1.165) is 36.4 Å². The highest BCUT2D eigenvalue weighted by atomic mass is 32.1. The van der Waals surface area contributed by atoms with Crippen molar-refractivity contribution in [1.29, 1.82) is 0 Å². The summed E-state index contributed by atoms with van der Waals surface area (Å²) in [5.74, 6) is 0. The molecule has 0 aliphatic carbocycles. The van der Waals surface area contributed by atoms with Crippen LogP contribution in [0.25, 0.3) is 21.0 Å². The van der Waals surface area contributed by atoms with Crippen molar-refractivity contribution >= 4 is 43.7 Å². The van der Waals surface area contributed by atoms with Gasteiger partial charge in [0, 0.05) is 45.6 Å². The van der Waals surface area contributed by atoms with Gasteiger partial charge in [0.2, 0.25) is 0 Å². The molecule has 0 saturated carbocycles. The zero-order valence-electron chi connectivity index (χ0n) is 15.0. The number of rotatable bonds is 2. The van der Waals surface area contributed by atoms with E-state index >= 15 is 0 Å². The van der Waals surface area contributed by atoms with Crippen molar-refractivity contribution in [2.24, 2.45) is 0 Å². The summed E-state index contributed by atoms with van der Waals surface area (Å²) in [5, 5.41) is 6.09. The maximum Gasteiger partial charge on any atom is 0.0729 e. The summed E-state index contributed by atoms with van der Waals surface area (Å²) in [6, 6.07) is 15.5. The lowest BCUT2D eigenvalue weighted by Crippen LogP contribution is -2.26. The Morgan fingerprint density at radius 2 is 2.00 bits per heavy atom. The number of likely N-dealkylation sites (N-methyl/N-ethyl adjacent to an activating group) is 1. The third-order valence-electron chi connectivity index (χ3n) is 5.19. The molecule has 0 radical (unpaired) electrons. The van der Waals surface area contributed by atoms with Crippen molar-refractivity contribution in [3.63, 3.8) is 0 Å². The molecule has 0 saturated heterocycles. The number of hydrogen-bond acceptors (Lipinski definition) is 4. The predicted octanol–water partition coefficient (Wildman–Crippen LogP) is 5.49. The normalized spacial score (nSPS) is 14.7. The lowest BCUT2D eigenvalue weighted by atomic mass is 9.99. The predicted molar refractivity (Wildman–Crippen MR) is 112 cm³/mol. The lowest BCUT2D eigenvalue weighted by Gasteiger charge is -2.25. The quantitative estimate of drug-likeness (QED) is 0.513. The first kappa shape index (κ1) is 15.8. The van der Waals surface area contributed by atoms with Gasteiger partial charge < -0.3 is 10.2 Å². The van der Waals surface area contributed by atoms with E-state index in [0.29, 0.717) is 0 Å². The van der Waals surface area contributed by atoms with E-state index in [2.05, 4.69) is 71.6 Å². The van der Waals surface area contributed by atoms with Gasteiger partial charge in [-0.3, -0.25) is 4.98 Å². The van der Waals surface area contributed by atoms with E-state index in [1.54, 1.807) is 0 Å². The molecule has 3 heterocycles. The van der Waals surface area contributed by atoms with Crippen LogP contribution in [0.5, 0.6) is 0 Å². The van der Waals surface area contributed by atoms with Crippen molar-refractivity contribution in [3.8, 4) is 0 Å². The van der Waals surface area contributed by atoms with Crippen LogP contribution < -0.4 is 5.32 Å². The number of nitrogens with zero attached hydrogens (tertiary/aromatic N) is 2. The second kappa shape index (κ2) is 6.08. The zero-order chi connectivity index (χ0) is 17.7. The number of aryl methyl sites for hydroxylation is 1. The smallest absolute Gasteiger partial charge is 0.0729 e. The summed E-state index contributed by atoms with van der Waals surface area (Å²) in [4.78, 5) is 8.30. The maximum absolute atomic E-state index is 4.58. The Bertz CT molecular complexity index is 1130. The molecule has 2 aromatic heterocycles. The van der Waals surface area contributed by atoms with Gasteiger partial charge in [-0.05, 0) is 73.3 Å². The molecule has 2 aromatic carbocycles. The van der Waals surface area contributed by atoms with Gasteiger partial charge in [-0.25, -0.2) is 0 Å². The Morgan fingerprint density at radius 1 is 1.08 bits per heavy atom. The molecule has 0 atom stereocenters. The minimum atomic E-state index is 1.02. The number of hydrogen-bond donors (Lipinski definition) is 1. The highest BCUT2D eigenvalue weighted by molar-refractivity contribution is 7.19. The standard InChI is InChI=1S/C22H21N3S/c1-14-9-16-11-21-19(12-22(16)26-14)20(5-7-23-21)24-18-4-3-15-6-8-25(2)13-17(15)10-18/h3-5,7,9-12H,6,8,13H2,1-2H3,(H,23,24). The van der Waals surface area contributed by atoms with Gasteiger partial charge >= 0.3 is 0 Å². The molecule has 4 aromatic rings. The fourth-order valence-corrected chi connectivity index (χ4v) is 4.80. The van der Waals surface area contributed by atoms with Crippen LogP contribution >= 0.6 is 11.3 Å². The minimum Gasteiger partial charge on any atom is -0.355 e. The number of nitrogens with one attached hydrogen (secondary N) is 1. The van der Waals surface area contributed by atoms with E-state index < -0.39 is 0 Å². The Balaban J connectivity index is 1.57. The summed E-state index contributed by atoms with van der Waals surface area (Å²) in [5.41, 5.74) is 6.21. The summed E-state index contributed by atoms with van der Waals surface area (Å²) in [7, 11) is 2.19. The van der Waals surface area contributed by atoms with Crippen molar-refractivity contribution in [2.75, 3.05) is 18.9 Å². The molecule has 0 fully saturated rings. The molecular weight excluding hydrogens is 338 g/mol. The van der Waals surface area contributed by atoms with Crippen LogP contribution in [0.4, 0.5) is 11.4 Å². The van der Waals surface area contributed by atoms with E-state index in [9.17, 15) is 0 Å². The number of pyridine rings is 1. The van der Waals surface area contributed by atoms with Crippen molar-refractivity contribution in [3.05, 3.63) is 64.7 Å². The van der Waals surface area contributed by atoms with Crippen LogP contribution in [0.15, 0.2) is 48.7 Å².